The van der Waals surface area contributed by atoms with Gasteiger partial charge in [0.1, 0.15) is 5.75 Å². The van der Waals surface area contributed by atoms with Gasteiger partial charge in [-0.1, -0.05) is 44.7 Å². The zero-order valence-corrected chi connectivity index (χ0v) is 13.1. The zero-order valence-electron chi connectivity index (χ0n) is 13.1. The van der Waals surface area contributed by atoms with Gasteiger partial charge in [-0.05, 0) is 55.7 Å². The Kier molecular flexibility index (Phi) is 5.67. The van der Waals surface area contributed by atoms with Crippen LogP contribution in [0.15, 0.2) is 24.3 Å². The molecular weight excluding hydrogens is 258 g/mol. The predicted molar refractivity (Wildman–Crippen MR) is 86.1 cm³/mol. The first kappa shape index (κ1) is 15.9. The summed E-state index contributed by atoms with van der Waals surface area (Å²) in [6.07, 6.45) is 10.3. The Morgan fingerprint density at radius 3 is 2.38 bits per heavy atom. The number of nitriles is 1. The number of phenols is 1. The van der Waals surface area contributed by atoms with E-state index in [9.17, 15) is 10.4 Å². The molecule has 0 saturated heterocycles. The molecule has 0 amide bonds. The fourth-order valence-electron chi connectivity index (χ4n) is 3.56. The van der Waals surface area contributed by atoms with Gasteiger partial charge in [0, 0.05) is 0 Å². The number of benzene rings is 1. The molecule has 21 heavy (non-hydrogen) atoms. The summed E-state index contributed by atoms with van der Waals surface area (Å²) in [5.74, 6) is 0.888. The highest BCUT2D eigenvalue weighted by molar-refractivity contribution is 5.29. The zero-order chi connectivity index (χ0) is 15.1. The molecule has 1 fully saturated rings. The Bertz CT molecular complexity index is 463. The average molecular weight is 285 g/mol. The van der Waals surface area contributed by atoms with Crippen molar-refractivity contribution in [3.63, 3.8) is 0 Å². The van der Waals surface area contributed by atoms with E-state index < -0.39 is 0 Å². The second-order valence-electron chi connectivity index (χ2n) is 6.57. The molecule has 1 aromatic carbocycles. The third kappa shape index (κ3) is 4.24. The summed E-state index contributed by atoms with van der Waals surface area (Å²) in [6.45, 7) is 2.23. The topological polar surface area (TPSA) is 44.0 Å². The first-order chi connectivity index (χ1) is 10.2. The molecule has 2 rings (SSSR count). The van der Waals surface area contributed by atoms with Crippen LogP contribution in [0.2, 0.25) is 0 Å². The van der Waals surface area contributed by atoms with Crippen molar-refractivity contribution in [1.29, 1.82) is 5.26 Å². The normalized spacial score (nSPS) is 25.4. The quantitative estimate of drug-likeness (QED) is 0.698. The van der Waals surface area contributed by atoms with Crippen LogP contribution in [0, 0.1) is 16.7 Å². The lowest BCUT2D eigenvalue weighted by Crippen LogP contribution is -2.25. The first-order valence-electron chi connectivity index (χ1n) is 8.39. The maximum absolute atomic E-state index is 9.61. The SMILES string of the molecule is CCCCCCC1(C#N)CCC(c2ccc(O)cc2)CC1. The number of phenolic OH excluding ortho intramolecular Hbond substituents is 1. The fraction of sp³-hybridized carbons (Fsp3) is 0.632. The van der Waals surface area contributed by atoms with Crippen molar-refractivity contribution < 1.29 is 5.11 Å². The third-order valence-corrected chi connectivity index (χ3v) is 5.05. The lowest BCUT2D eigenvalue weighted by Gasteiger charge is -2.35. The Balaban J connectivity index is 1.88. The van der Waals surface area contributed by atoms with Crippen molar-refractivity contribution in [1.82, 2.24) is 0 Å². The van der Waals surface area contributed by atoms with Crippen LogP contribution in [-0.4, -0.2) is 5.11 Å². The maximum atomic E-state index is 9.61. The van der Waals surface area contributed by atoms with Crippen molar-refractivity contribution in [2.75, 3.05) is 0 Å². The maximum Gasteiger partial charge on any atom is 0.115 e. The Labute approximate surface area is 128 Å². The van der Waals surface area contributed by atoms with Crippen LogP contribution in [-0.2, 0) is 0 Å². The van der Waals surface area contributed by atoms with Crippen molar-refractivity contribution in [2.24, 2.45) is 5.41 Å². The summed E-state index contributed by atoms with van der Waals surface area (Å²) in [5.41, 5.74) is 1.24. The highest BCUT2D eigenvalue weighted by Gasteiger charge is 2.35. The predicted octanol–water partition coefficient (Wildman–Crippen LogP) is 5.53. The van der Waals surface area contributed by atoms with Gasteiger partial charge in [-0.25, -0.2) is 0 Å². The number of hydrogen-bond donors (Lipinski definition) is 1. The highest BCUT2D eigenvalue weighted by Crippen LogP contribution is 2.45. The minimum Gasteiger partial charge on any atom is -0.508 e. The molecule has 1 aliphatic rings. The second-order valence-corrected chi connectivity index (χ2v) is 6.57. The van der Waals surface area contributed by atoms with Crippen LogP contribution in [0.25, 0.3) is 0 Å². The average Bonchev–Trinajstić information content (AvgIpc) is 2.53. The largest absolute Gasteiger partial charge is 0.508 e. The van der Waals surface area contributed by atoms with Crippen molar-refractivity contribution in [3.05, 3.63) is 29.8 Å². The number of rotatable bonds is 6. The second kappa shape index (κ2) is 7.50. The molecule has 1 aromatic rings. The standard InChI is InChI=1S/C19H27NO/c1-2-3-4-5-12-19(15-20)13-10-17(11-14-19)16-6-8-18(21)9-7-16/h6-9,17,21H,2-5,10-14H2,1H3. The van der Waals surface area contributed by atoms with E-state index in [4.69, 9.17) is 0 Å². The molecule has 0 radical (unpaired) electrons. The Hall–Kier alpha value is -1.49. The summed E-state index contributed by atoms with van der Waals surface area (Å²) in [5, 5.41) is 19.0. The van der Waals surface area contributed by atoms with Crippen molar-refractivity contribution in [3.8, 4) is 11.8 Å². The van der Waals surface area contributed by atoms with E-state index in [0.29, 0.717) is 11.7 Å². The van der Waals surface area contributed by atoms with Crippen LogP contribution in [0.3, 0.4) is 0 Å². The van der Waals surface area contributed by atoms with Gasteiger partial charge in [-0.15, -0.1) is 0 Å². The van der Waals surface area contributed by atoms with Crippen molar-refractivity contribution in [2.45, 2.75) is 70.6 Å². The molecule has 0 atom stereocenters. The van der Waals surface area contributed by atoms with E-state index in [0.717, 1.165) is 32.1 Å². The van der Waals surface area contributed by atoms with Gasteiger partial charge in [0.2, 0.25) is 0 Å². The van der Waals surface area contributed by atoms with Crippen LogP contribution in [0.1, 0.15) is 76.2 Å². The Morgan fingerprint density at radius 1 is 1.14 bits per heavy atom. The molecule has 1 saturated carbocycles. The number of unbranched alkanes of at least 4 members (excludes halogenated alkanes) is 3. The Morgan fingerprint density at radius 2 is 1.81 bits per heavy atom. The van der Waals surface area contributed by atoms with Crippen LogP contribution < -0.4 is 0 Å². The van der Waals surface area contributed by atoms with E-state index in [-0.39, 0.29) is 5.41 Å². The lowest BCUT2D eigenvalue weighted by atomic mass is 9.67. The molecule has 0 bridgehead atoms. The molecule has 0 aliphatic heterocycles. The summed E-state index contributed by atoms with van der Waals surface area (Å²) in [7, 11) is 0. The third-order valence-electron chi connectivity index (χ3n) is 5.05. The summed E-state index contributed by atoms with van der Waals surface area (Å²) >= 11 is 0. The minimum absolute atomic E-state index is 0.0683. The molecule has 1 aliphatic carbocycles. The molecule has 114 valence electrons. The van der Waals surface area contributed by atoms with E-state index in [1.54, 1.807) is 12.1 Å². The van der Waals surface area contributed by atoms with Crippen LogP contribution >= 0.6 is 0 Å². The summed E-state index contributed by atoms with van der Waals surface area (Å²) in [6, 6.07) is 10.2. The van der Waals surface area contributed by atoms with Crippen LogP contribution in [0.4, 0.5) is 0 Å². The smallest absolute Gasteiger partial charge is 0.115 e. The fourth-order valence-corrected chi connectivity index (χ4v) is 3.56. The van der Waals surface area contributed by atoms with E-state index in [1.807, 2.05) is 12.1 Å². The molecule has 2 heteroatoms. The molecule has 0 aromatic heterocycles. The van der Waals surface area contributed by atoms with Gasteiger partial charge in [-0.2, -0.15) is 5.26 Å². The number of aromatic hydroxyl groups is 1. The van der Waals surface area contributed by atoms with Gasteiger partial charge in [0.05, 0.1) is 11.5 Å². The van der Waals surface area contributed by atoms with E-state index >= 15 is 0 Å². The van der Waals surface area contributed by atoms with Gasteiger partial charge in [0.15, 0.2) is 0 Å². The van der Waals surface area contributed by atoms with Crippen LogP contribution in [0.5, 0.6) is 5.75 Å². The number of nitrogens with zero attached hydrogens (tertiary/aromatic N) is 1. The summed E-state index contributed by atoms with van der Waals surface area (Å²) < 4.78 is 0. The molecule has 0 unspecified atom stereocenters. The molecule has 1 N–H and O–H groups in total. The molecule has 0 heterocycles. The molecular formula is C19H27NO. The molecule has 2 nitrogen and oxygen atoms in total. The minimum atomic E-state index is -0.0683. The monoisotopic (exact) mass is 285 g/mol. The van der Waals surface area contributed by atoms with Gasteiger partial charge in [0.25, 0.3) is 0 Å². The number of hydrogen-bond acceptors (Lipinski definition) is 2. The molecule has 0 spiro atoms. The lowest BCUT2D eigenvalue weighted by molar-refractivity contribution is 0.223. The highest BCUT2D eigenvalue weighted by atomic mass is 16.3. The first-order valence-corrected chi connectivity index (χ1v) is 8.39. The van der Waals surface area contributed by atoms with Crippen molar-refractivity contribution >= 4 is 0 Å². The van der Waals surface area contributed by atoms with Gasteiger partial charge in [-0.3, -0.25) is 0 Å². The van der Waals surface area contributed by atoms with Gasteiger partial charge < -0.3 is 5.11 Å². The van der Waals surface area contributed by atoms with Gasteiger partial charge >= 0.3 is 0 Å². The summed E-state index contributed by atoms with van der Waals surface area (Å²) in [4.78, 5) is 0. The van der Waals surface area contributed by atoms with E-state index in [2.05, 4.69) is 13.0 Å². The van der Waals surface area contributed by atoms with E-state index in [1.165, 1.54) is 31.2 Å².